The second kappa shape index (κ2) is 10.4. The quantitative estimate of drug-likeness (QED) is 0.277. The summed E-state index contributed by atoms with van der Waals surface area (Å²) in [6.07, 6.45) is 1.43. The summed E-state index contributed by atoms with van der Waals surface area (Å²) in [4.78, 5) is 20.8. The van der Waals surface area contributed by atoms with Gasteiger partial charge >= 0.3 is 6.03 Å². The molecule has 0 spiro atoms. The first kappa shape index (κ1) is 20.5. The smallest absolute Gasteiger partial charge is 0.332 e. The molecule has 2 aromatic rings. The summed E-state index contributed by atoms with van der Waals surface area (Å²) in [5, 5.41) is 14.3. The molecule has 0 aliphatic carbocycles. The summed E-state index contributed by atoms with van der Waals surface area (Å²) in [7, 11) is 0. The van der Waals surface area contributed by atoms with Crippen molar-refractivity contribution >= 4 is 17.9 Å². The normalized spacial score (nSPS) is 10.5. The zero-order valence-electron chi connectivity index (χ0n) is 15.2. The van der Waals surface area contributed by atoms with E-state index in [1.54, 1.807) is 18.2 Å². The van der Waals surface area contributed by atoms with Gasteiger partial charge in [0, 0.05) is 12.1 Å². The number of rotatable bonds is 10. The van der Waals surface area contributed by atoms with Crippen molar-refractivity contribution in [3.8, 4) is 17.2 Å². The molecule has 0 atom stereocenters. The van der Waals surface area contributed by atoms with Gasteiger partial charge in [0.1, 0.15) is 19.0 Å². The second-order valence-electron chi connectivity index (χ2n) is 5.32. The number of non-ortho nitro benzene ring substituents is 1. The molecule has 0 radical (unpaired) electrons. The lowest BCUT2D eigenvalue weighted by Crippen LogP contribution is -2.24. The van der Waals surface area contributed by atoms with Crippen LogP contribution in [0.3, 0.4) is 0 Å². The molecular weight excluding hydrogens is 368 g/mol. The Morgan fingerprint density at radius 3 is 2.50 bits per heavy atom. The molecule has 10 nitrogen and oxygen atoms in total. The van der Waals surface area contributed by atoms with Gasteiger partial charge in [-0.1, -0.05) is 0 Å². The van der Waals surface area contributed by atoms with Crippen molar-refractivity contribution in [1.82, 2.24) is 5.43 Å². The number of carbonyl (C=O) groups excluding carboxylic acids is 1. The summed E-state index contributed by atoms with van der Waals surface area (Å²) < 4.78 is 16.7. The minimum atomic E-state index is -0.755. The van der Waals surface area contributed by atoms with E-state index in [2.05, 4.69) is 10.5 Å². The predicted octanol–water partition coefficient (Wildman–Crippen LogP) is 2.45. The first-order chi connectivity index (χ1) is 13.5. The van der Waals surface area contributed by atoms with Gasteiger partial charge in [-0.3, -0.25) is 10.1 Å². The number of nitrogens with two attached hydrogens (primary N) is 1. The topological polar surface area (TPSA) is 138 Å². The van der Waals surface area contributed by atoms with Crippen LogP contribution in [0.4, 0.5) is 10.5 Å². The Morgan fingerprint density at radius 2 is 1.86 bits per heavy atom. The molecule has 0 aliphatic heterocycles. The molecule has 28 heavy (non-hydrogen) atoms. The Hall–Kier alpha value is -3.82. The molecule has 2 aromatic carbocycles. The second-order valence-corrected chi connectivity index (χ2v) is 5.32. The Labute approximate surface area is 161 Å². The lowest BCUT2D eigenvalue weighted by atomic mass is 10.2. The summed E-state index contributed by atoms with van der Waals surface area (Å²) >= 11 is 0. The minimum Gasteiger partial charge on any atom is -0.490 e. The number of amides is 2. The number of nitrogens with one attached hydrogen (secondary N) is 1. The van der Waals surface area contributed by atoms with Crippen LogP contribution in [0.1, 0.15) is 12.5 Å². The van der Waals surface area contributed by atoms with Crippen LogP contribution >= 0.6 is 0 Å². The van der Waals surface area contributed by atoms with E-state index in [1.807, 2.05) is 6.92 Å². The number of hydrogen-bond donors (Lipinski definition) is 2. The van der Waals surface area contributed by atoms with Crippen LogP contribution in [0.15, 0.2) is 47.6 Å². The Bertz CT molecular complexity index is 838. The molecule has 0 heterocycles. The van der Waals surface area contributed by atoms with E-state index in [4.69, 9.17) is 19.9 Å². The Morgan fingerprint density at radius 1 is 1.14 bits per heavy atom. The number of hydrazone groups is 1. The van der Waals surface area contributed by atoms with Crippen molar-refractivity contribution in [2.45, 2.75) is 6.92 Å². The van der Waals surface area contributed by atoms with Gasteiger partial charge in [0.25, 0.3) is 5.69 Å². The number of nitro groups is 1. The molecular formula is C18H20N4O6. The molecule has 2 rings (SSSR count). The fourth-order valence-corrected chi connectivity index (χ4v) is 2.14. The standard InChI is InChI=1S/C18H20N4O6/c1-2-26-17-11-13(12-20-21-18(19)23)3-8-16(17)28-10-9-27-15-6-4-14(5-7-15)22(24)25/h3-8,11-12H,2,9-10H2,1H3,(H3,19,21,23)/b20-12-. The van der Waals surface area contributed by atoms with E-state index < -0.39 is 11.0 Å². The van der Waals surface area contributed by atoms with E-state index in [0.29, 0.717) is 29.4 Å². The average molecular weight is 388 g/mol. The highest BCUT2D eigenvalue weighted by Gasteiger charge is 2.07. The molecule has 0 aromatic heterocycles. The van der Waals surface area contributed by atoms with Crippen LogP contribution in [-0.2, 0) is 0 Å². The van der Waals surface area contributed by atoms with E-state index in [-0.39, 0.29) is 18.9 Å². The third-order valence-corrected chi connectivity index (χ3v) is 3.31. The number of nitrogens with zero attached hydrogens (tertiary/aromatic N) is 2. The Balaban J connectivity index is 1.90. The summed E-state index contributed by atoms with van der Waals surface area (Å²) in [5.74, 6) is 1.54. The van der Waals surface area contributed by atoms with Gasteiger partial charge in [-0.05, 0) is 42.8 Å². The lowest BCUT2D eigenvalue weighted by Gasteiger charge is -2.13. The summed E-state index contributed by atoms with van der Waals surface area (Å²) in [6, 6.07) is 10.2. The number of hydrogen-bond acceptors (Lipinski definition) is 7. The third kappa shape index (κ3) is 6.48. The fourth-order valence-electron chi connectivity index (χ4n) is 2.14. The van der Waals surface area contributed by atoms with E-state index in [9.17, 15) is 14.9 Å². The van der Waals surface area contributed by atoms with Crippen molar-refractivity contribution in [2.24, 2.45) is 10.8 Å². The molecule has 0 saturated heterocycles. The largest absolute Gasteiger partial charge is 0.490 e. The van der Waals surface area contributed by atoms with E-state index in [1.165, 1.54) is 30.5 Å². The van der Waals surface area contributed by atoms with E-state index in [0.717, 1.165) is 0 Å². The van der Waals surface area contributed by atoms with Crippen LogP contribution < -0.4 is 25.4 Å². The zero-order valence-corrected chi connectivity index (χ0v) is 15.2. The molecule has 0 fully saturated rings. The molecule has 0 bridgehead atoms. The molecule has 0 saturated carbocycles. The number of nitro benzene ring substituents is 1. The maximum Gasteiger partial charge on any atom is 0.332 e. The van der Waals surface area contributed by atoms with Crippen molar-refractivity contribution in [3.63, 3.8) is 0 Å². The Kier molecular flexibility index (Phi) is 7.58. The number of carbonyl (C=O) groups is 1. The molecule has 0 aliphatic rings. The zero-order chi connectivity index (χ0) is 20.4. The molecule has 10 heteroatoms. The van der Waals surface area contributed by atoms with Crippen LogP contribution in [0.25, 0.3) is 0 Å². The van der Waals surface area contributed by atoms with Gasteiger partial charge in [-0.15, -0.1) is 0 Å². The van der Waals surface area contributed by atoms with Gasteiger partial charge in [0.05, 0.1) is 17.7 Å². The fraction of sp³-hybridized carbons (Fsp3) is 0.222. The highest BCUT2D eigenvalue weighted by Crippen LogP contribution is 2.28. The highest BCUT2D eigenvalue weighted by molar-refractivity contribution is 5.82. The maximum absolute atomic E-state index is 10.6. The first-order valence-corrected chi connectivity index (χ1v) is 8.35. The highest BCUT2D eigenvalue weighted by atomic mass is 16.6. The molecule has 2 amide bonds. The molecule has 148 valence electrons. The first-order valence-electron chi connectivity index (χ1n) is 8.35. The van der Waals surface area contributed by atoms with Crippen LogP contribution in [-0.4, -0.2) is 37.0 Å². The van der Waals surface area contributed by atoms with Crippen LogP contribution in [0, 0.1) is 10.1 Å². The summed E-state index contributed by atoms with van der Waals surface area (Å²) in [5.41, 5.74) is 7.73. The monoisotopic (exact) mass is 388 g/mol. The number of urea groups is 1. The predicted molar refractivity (Wildman–Crippen MR) is 102 cm³/mol. The summed E-state index contributed by atoms with van der Waals surface area (Å²) in [6.45, 7) is 2.77. The van der Waals surface area contributed by atoms with Gasteiger partial charge in [-0.2, -0.15) is 5.10 Å². The van der Waals surface area contributed by atoms with Crippen molar-refractivity contribution in [2.75, 3.05) is 19.8 Å². The van der Waals surface area contributed by atoms with Crippen LogP contribution in [0.2, 0.25) is 0 Å². The third-order valence-electron chi connectivity index (χ3n) is 3.31. The minimum absolute atomic E-state index is 0.000357. The van der Waals surface area contributed by atoms with Crippen LogP contribution in [0.5, 0.6) is 17.2 Å². The SMILES string of the molecule is CCOc1cc(/C=N\NC(N)=O)ccc1OCCOc1ccc([N+](=O)[O-])cc1. The number of ether oxygens (including phenoxy) is 3. The van der Waals surface area contributed by atoms with Gasteiger partial charge in [-0.25, -0.2) is 10.2 Å². The van der Waals surface area contributed by atoms with Crippen molar-refractivity contribution < 1.29 is 23.9 Å². The number of primary amides is 1. The average Bonchev–Trinajstić information content (AvgIpc) is 2.67. The number of benzene rings is 2. The molecule has 0 unspecified atom stereocenters. The van der Waals surface area contributed by atoms with Gasteiger partial charge in [0.2, 0.25) is 0 Å². The van der Waals surface area contributed by atoms with E-state index >= 15 is 0 Å². The lowest BCUT2D eigenvalue weighted by molar-refractivity contribution is -0.384. The van der Waals surface area contributed by atoms with Gasteiger partial charge < -0.3 is 19.9 Å². The van der Waals surface area contributed by atoms with Gasteiger partial charge in [0.15, 0.2) is 11.5 Å². The maximum atomic E-state index is 10.6. The van der Waals surface area contributed by atoms with Crippen molar-refractivity contribution in [3.05, 3.63) is 58.1 Å². The van der Waals surface area contributed by atoms with Crippen molar-refractivity contribution in [1.29, 1.82) is 0 Å². The molecule has 3 N–H and O–H groups in total.